The first-order valence-corrected chi connectivity index (χ1v) is 12.8. The third-order valence-corrected chi connectivity index (χ3v) is 6.78. The average Bonchev–Trinajstić information content (AvgIpc) is 3.07. The van der Waals surface area contributed by atoms with Crippen LogP contribution in [0.2, 0.25) is 15.1 Å². The Labute approximate surface area is 227 Å². The lowest BCUT2D eigenvalue weighted by molar-refractivity contribution is -0.120. The van der Waals surface area contributed by atoms with Crippen molar-refractivity contribution in [3.05, 3.63) is 98.0 Å². The number of carbonyl (C=O) groups excluding carboxylic acids is 3. The number of ether oxygens (including phenoxy) is 1. The molecule has 0 atom stereocenters. The van der Waals surface area contributed by atoms with E-state index in [4.69, 9.17) is 39.5 Å². The van der Waals surface area contributed by atoms with Crippen LogP contribution >= 0.6 is 46.6 Å². The lowest BCUT2D eigenvalue weighted by atomic mass is 10.2. The van der Waals surface area contributed by atoms with E-state index in [1.807, 2.05) is 6.92 Å². The second-order valence-electron chi connectivity index (χ2n) is 7.67. The first-order valence-electron chi connectivity index (χ1n) is 10.8. The number of nitrogens with zero attached hydrogens (tertiary/aromatic N) is 1. The van der Waals surface area contributed by atoms with Gasteiger partial charge in [-0.25, -0.2) is 9.69 Å². The van der Waals surface area contributed by atoms with Gasteiger partial charge in [0, 0.05) is 25.7 Å². The van der Waals surface area contributed by atoms with Crippen LogP contribution in [-0.4, -0.2) is 24.4 Å². The van der Waals surface area contributed by atoms with E-state index in [-0.39, 0.29) is 10.6 Å². The van der Waals surface area contributed by atoms with Crippen LogP contribution in [0, 0.1) is 0 Å². The molecule has 0 aromatic heterocycles. The van der Waals surface area contributed by atoms with Crippen LogP contribution in [0.25, 0.3) is 0 Å². The van der Waals surface area contributed by atoms with Crippen LogP contribution in [0.15, 0.2) is 82.2 Å². The lowest BCUT2D eigenvalue weighted by Gasteiger charge is -2.16. The van der Waals surface area contributed by atoms with Gasteiger partial charge in [-0.05, 0) is 73.2 Å². The summed E-state index contributed by atoms with van der Waals surface area (Å²) in [5, 5.41) is 4.31. The van der Waals surface area contributed by atoms with Crippen molar-refractivity contribution in [2.75, 3.05) is 16.8 Å². The molecule has 3 aromatic rings. The number of rotatable bonds is 8. The van der Waals surface area contributed by atoms with Crippen molar-refractivity contribution in [3.63, 3.8) is 0 Å². The number of amides is 2. The SMILES string of the molecule is CCCOC(=O)c1ccc(N2C(=O)C(Nc3cc(Cl)cc(Cl)c3)=C(Sc3ccc(Cl)cc3)C2=O)cc1. The molecule has 0 fully saturated rings. The Balaban J connectivity index is 1.67. The van der Waals surface area contributed by atoms with Gasteiger partial charge in [0.1, 0.15) is 10.6 Å². The maximum absolute atomic E-state index is 13.5. The molecule has 6 nitrogen and oxygen atoms in total. The number of nitrogens with one attached hydrogen (secondary N) is 1. The second kappa shape index (κ2) is 11.4. The first-order chi connectivity index (χ1) is 17.3. The van der Waals surface area contributed by atoms with Gasteiger partial charge >= 0.3 is 5.97 Å². The van der Waals surface area contributed by atoms with Crippen LogP contribution in [0.5, 0.6) is 0 Å². The van der Waals surface area contributed by atoms with Crippen LogP contribution < -0.4 is 10.2 Å². The summed E-state index contributed by atoms with van der Waals surface area (Å²) >= 11 is 19.4. The third kappa shape index (κ3) is 5.87. The molecule has 184 valence electrons. The molecule has 10 heteroatoms. The third-order valence-electron chi connectivity index (χ3n) is 5.01. The van der Waals surface area contributed by atoms with Gasteiger partial charge in [0.15, 0.2) is 0 Å². The summed E-state index contributed by atoms with van der Waals surface area (Å²) in [4.78, 5) is 41.1. The molecule has 0 radical (unpaired) electrons. The van der Waals surface area contributed by atoms with E-state index in [0.717, 1.165) is 21.6 Å². The van der Waals surface area contributed by atoms with Crippen molar-refractivity contribution < 1.29 is 19.1 Å². The normalized spacial score (nSPS) is 13.4. The van der Waals surface area contributed by atoms with Crippen molar-refractivity contribution in [2.24, 2.45) is 0 Å². The van der Waals surface area contributed by atoms with Crippen molar-refractivity contribution in [3.8, 4) is 0 Å². The van der Waals surface area contributed by atoms with E-state index < -0.39 is 17.8 Å². The zero-order valence-electron chi connectivity index (χ0n) is 18.9. The molecule has 4 rings (SSSR count). The molecule has 0 aliphatic carbocycles. The number of anilines is 2. The number of esters is 1. The summed E-state index contributed by atoms with van der Waals surface area (Å²) in [6.07, 6.45) is 0.702. The fraction of sp³-hybridized carbons (Fsp3) is 0.115. The topological polar surface area (TPSA) is 75.7 Å². The molecule has 2 amide bonds. The molecule has 0 saturated carbocycles. The van der Waals surface area contributed by atoms with Gasteiger partial charge in [-0.1, -0.05) is 53.5 Å². The van der Waals surface area contributed by atoms with Crippen molar-refractivity contribution in [2.45, 2.75) is 18.2 Å². The number of thioether (sulfide) groups is 1. The molecule has 0 unspecified atom stereocenters. The van der Waals surface area contributed by atoms with E-state index in [1.165, 1.54) is 24.3 Å². The molecule has 0 spiro atoms. The summed E-state index contributed by atoms with van der Waals surface area (Å²) < 4.78 is 5.14. The predicted octanol–water partition coefficient (Wildman–Crippen LogP) is 7.20. The summed E-state index contributed by atoms with van der Waals surface area (Å²) in [5.74, 6) is -1.55. The first kappa shape index (κ1) is 26.1. The fourth-order valence-corrected chi connectivity index (χ4v) is 4.94. The van der Waals surface area contributed by atoms with Crippen LogP contribution in [-0.2, 0) is 14.3 Å². The zero-order chi connectivity index (χ0) is 25.8. The molecular formula is C26H19Cl3N2O4S. The minimum absolute atomic E-state index is 0.0738. The van der Waals surface area contributed by atoms with E-state index in [2.05, 4.69) is 5.32 Å². The highest BCUT2D eigenvalue weighted by Crippen LogP contribution is 2.38. The number of carbonyl (C=O) groups is 3. The molecule has 1 heterocycles. The smallest absolute Gasteiger partial charge is 0.338 e. The van der Waals surface area contributed by atoms with Gasteiger partial charge < -0.3 is 10.1 Å². The Morgan fingerprint density at radius 2 is 1.53 bits per heavy atom. The Bertz CT molecular complexity index is 1340. The van der Waals surface area contributed by atoms with Crippen LogP contribution in [0.3, 0.4) is 0 Å². The highest BCUT2D eigenvalue weighted by Gasteiger charge is 2.40. The largest absolute Gasteiger partial charge is 0.462 e. The van der Waals surface area contributed by atoms with Gasteiger partial charge in [-0.3, -0.25) is 9.59 Å². The van der Waals surface area contributed by atoms with E-state index >= 15 is 0 Å². The van der Waals surface area contributed by atoms with Crippen molar-refractivity contribution in [1.82, 2.24) is 0 Å². The molecule has 0 bridgehead atoms. The van der Waals surface area contributed by atoms with Gasteiger partial charge in [0.25, 0.3) is 11.8 Å². The minimum atomic E-state index is -0.561. The average molecular weight is 562 g/mol. The van der Waals surface area contributed by atoms with Crippen LogP contribution in [0.1, 0.15) is 23.7 Å². The predicted molar refractivity (Wildman–Crippen MR) is 144 cm³/mol. The molecular weight excluding hydrogens is 543 g/mol. The Kier molecular flexibility index (Phi) is 8.26. The maximum atomic E-state index is 13.5. The number of hydrogen-bond donors (Lipinski definition) is 1. The summed E-state index contributed by atoms with van der Waals surface area (Å²) in [7, 11) is 0. The number of halogens is 3. The van der Waals surface area contributed by atoms with Crippen LogP contribution in [0.4, 0.5) is 11.4 Å². The monoisotopic (exact) mass is 560 g/mol. The van der Waals surface area contributed by atoms with Gasteiger partial charge in [-0.2, -0.15) is 0 Å². The van der Waals surface area contributed by atoms with Crippen molar-refractivity contribution >= 4 is 75.7 Å². The number of benzene rings is 3. The van der Waals surface area contributed by atoms with E-state index in [1.54, 1.807) is 42.5 Å². The standard InChI is InChI=1S/C26H19Cl3N2O4S/c1-2-11-35-26(34)15-3-7-20(8-4-15)31-24(32)22(30-19-13-17(28)12-18(29)14-19)23(25(31)33)36-21-9-5-16(27)6-10-21/h3-10,12-14,30H,2,11H2,1H3. The van der Waals surface area contributed by atoms with E-state index in [9.17, 15) is 14.4 Å². The highest BCUT2D eigenvalue weighted by molar-refractivity contribution is 8.04. The molecule has 1 aliphatic rings. The lowest BCUT2D eigenvalue weighted by Crippen LogP contribution is -2.32. The Hall–Kier alpha value is -2.97. The minimum Gasteiger partial charge on any atom is -0.462 e. The molecule has 1 N–H and O–H groups in total. The highest BCUT2D eigenvalue weighted by atomic mass is 35.5. The second-order valence-corrected chi connectivity index (χ2v) is 10.1. The van der Waals surface area contributed by atoms with Gasteiger partial charge in [0.2, 0.25) is 0 Å². The summed E-state index contributed by atoms with van der Waals surface area (Å²) in [6.45, 7) is 2.21. The van der Waals surface area contributed by atoms with Gasteiger partial charge in [0.05, 0.1) is 17.9 Å². The Morgan fingerprint density at radius 3 is 2.14 bits per heavy atom. The summed E-state index contributed by atoms with van der Waals surface area (Å²) in [6, 6.07) is 17.8. The maximum Gasteiger partial charge on any atom is 0.338 e. The zero-order valence-corrected chi connectivity index (χ0v) is 22.0. The number of imide groups is 1. The number of hydrogen-bond acceptors (Lipinski definition) is 6. The molecule has 36 heavy (non-hydrogen) atoms. The fourth-order valence-electron chi connectivity index (χ4n) is 3.36. The molecule has 1 aliphatic heterocycles. The molecule has 3 aromatic carbocycles. The summed E-state index contributed by atoms with van der Waals surface area (Å²) in [5.41, 5.74) is 1.16. The van der Waals surface area contributed by atoms with E-state index in [0.29, 0.717) is 45.0 Å². The quantitative estimate of drug-likeness (QED) is 0.231. The molecule has 0 saturated heterocycles. The van der Waals surface area contributed by atoms with Gasteiger partial charge in [-0.15, -0.1) is 0 Å². The van der Waals surface area contributed by atoms with Crippen molar-refractivity contribution in [1.29, 1.82) is 0 Å². The Morgan fingerprint density at radius 1 is 0.889 bits per heavy atom.